The van der Waals surface area contributed by atoms with Crippen molar-refractivity contribution in [3.63, 3.8) is 0 Å². The number of hydrogen-bond acceptors (Lipinski definition) is 3. The molecule has 2 atom stereocenters. The van der Waals surface area contributed by atoms with Gasteiger partial charge in [-0.25, -0.2) is 0 Å². The molecule has 0 bridgehead atoms. The van der Waals surface area contributed by atoms with Gasteiger partial charge in [0.25, 0.3) is 0 Å². The van der Waals surface area contributed by atoms with E-state index in [0.29, 0.717) is 5.25 Å². The highest BCUT2D eigenvalue weighted by Gasteiger charge is 2.38. The van der Waals surface area contributed by atoms with E-state index in [4.69, 9.17) is 0 Å². The second kappa shape index (κ2) is 5.57. The third-order valence-corrected chi connectivity index (χ3v) is 4.85. The van der Waals surface area contributed by atoms with E-state index in [1.165, 1.54) is 11.3 Å². The summed E-state index contributed by atoms with van der Waals surface area (Å²) >= 11 is 1.90. The van der Waals surface area contributed by atoms with Crippen LogP contribution in [-0.4, -0.2) is 16.5 Å². The fourth-order valence-corrected chi connectivity index (χ4v) is 3.43. The smallest absolute Gasteiger partial charge is 0.118 e. The lowest BCUT2D eigenvalue weighted by molar-refractivity contribution is 0.368. The molecule has 90 valence electrons. The van der Waals surface area contributed by atoms with Crippen LogP contribution in [0, 0.1) is 11.3 Å². The molecule has 2 nitrogen and oxygen atoms in total. The van der Waals surface area contributed by atoms with Crippen LogP contribution in [0.25, 0.3) is 0 Å². The first kappa shape index (κ1) is 12.5. The second-order valence-electron chi connectivity index (χ2n) is 4.54. The largest absolute Gasteiger partial charge is 0.294 e. The molecule has 1 aromatic carbocycles. The fourth-order valence-electron chi connectivity index (χ4n) is 2.23. The summed E-state index contributed by atoms with van der Waals surface area (Å²) in [5.74, 6) is 1.18. The van der Waals surface area contributed by atoms with Crippen molar-refractivity contribution < 1.29 is 0 Å². The van der Waals surface area contributed by atoms with Crippen molar-refractivity contribution in [1.82, 2.24) is 5.32 Å². The van der Waals surface area contributed by atoms with E-state index in [-0.39, 0.29) is 5.54 Å². The van der Waals surface area contributed by atoms with Gasteiger partial charge < -0.3 is 0 Å². The van der Waals surface area contributed by atoms with Gasteiger partial charge in [0, 0.05) is 11.8 Å². The molecule has 0 aliphatic carbocycles. The van der Waals surface area contributed by atoms with Crippen LogP contribution in [-0.2, 0) is 6.54 Å². The number of benzene rings is 1. The van der Waals surface area contributed by atoms with E-state index in [1.54, 1.807) is 0 Å². The van der Waals surface area contributed by atoms with Gasteiger partial charge in [-0.3, -0.25) is 5.32 Å². The maximum atomic E-state index is 9.46. The second-order valence-corrected chi connectivity index (χ2v) is 5.99. The Balaban J connectivity index is 2.03. The van der Waals surface area contributed by atoms with E-state index in [2.05, 4.69) is 30.4 Å². The molecule has 1 aliphatic rings. The molecular formula is C14H18N2S. The first-order valence-electron chi connectivity index (χ1n) is 6.09. The van der Waals surface area contributed by atoms with E-state index in [0.717, 1.165) is 19.4 Å². The Bertz CT molecular complexity index is 398. The summed E-state index contributed by atoms with van der Waals surface area (Å²) in [5, 5.41) is 13.3. The van der Waals surface area contributed by atoms with Crippen molar-refractivity contribution in [1.29, 1.82) is 5.26 Å². The normalized spacial score (nSPS) is 28.6. The minimum absolute atomic E-state index is 0.348. The Morgan fingerprint density at radius 2 is 2.24 bits per heavy atom. The van der Waals surface area contributed by atoms with Crippen molar-refractivity contribution in [2.75, 3.05) is 5.75 Å². The fraction of sp³-hybridized carbons (Fsp3) is 0.500. The zero-order valence-corrected chi connectivity index (χ0v) is 11.0. The van der Waals surface area contributed by atoms with Gasteiger partial charge in [0.2, 0.25) is 0 Å². The van der Waals surface area contributed by atoms with Crippen LogP contribution in [0.4, 0.5) is 0 Å². The molecular weight excluding hydrogens is 228 g/mol. The van der Waals surface area contributed by atoms with Crippen LogP contribution in [0.3, 0.4) is 0 Å². The molecule has 0 aromatic heterocycles. The van der Waals surface area contributed by atoms with Crippen molar-refractivity contribution in [3.05, 3.63) is 35.9 Å². The van der Waals surface area contributed by atoms with Gasteiger partial charge in [-0.15, -0.1) is 0 Å². The molecule has 0 amide bonds. The zero-order chi connectivity index (χ0) is 12.1. The van der Waals surface area contributed by atoms with Gasteiger partial charge in [0.1, 0.15) is 5.54 Å². The molecule has 0 spiro atoms. The van der Waals surface area contributed by atoms with Crippen LogP contribution in [0.15, 0.2) is 30.3 Å². The highest BCUT2D eigenvalue weighted by Crippen LogP contribution is 2.33. The third-order valence-electron chi connectivity index (χ3n) is 3.43. The highest BCUT2D eigenvalue weighted by molar-refractivity contribution is 8.00. The Labute approximate surface area is 107 Å². The summed E-state index contributed by atoms with van der Waals surface area (Å²) in [6.45, 7) is 2.93. The first-order valence-corrected chi connectivity index (χ1v) is 7.13. The Morgan fingerprint density at radius 1 is 1.47 bits per heavy atom. The molecule has 1 aromatic rings. The van der Waals surface area contributed by atoms with Gasteiger partial charge >= 0.3 is 0 Å². The Hall–Kier alpha value is -0.980. The summed E-state index contributed by atoms with van der Waals surface area (Å²) in [5.41, 5.74) is 0.892. The maximum absolute atomic E-state index is 9.46. The third kappa shape index (κ3) is 2.83. The van der Waals surface area contributed by atoms with Gasteiger partial charge in [-0.2, -0.15) is 17.0 Å². The number of nitriles is 1. The highest BCUT2D eigenvalue weighted by atomic mass is 32.2. The standard InChI is InChI=1S/C14H18N2S/c1-12-14(11-15,8-5-9-17-12)16-10-13-6-3-2-4-7-13/h2-4,6-7,12,16H,5,8-10H2,1H3. The van der Waals surface area contributed by atoms with Crippen LogP contribution >= 0.6 is 11.8 Å². The van der Waals surface area contributed by atoms with Crippen LogP contribution in [0.1, 0.15) is 25.3 Å². The minimum atomic E-state index is -0.348. The van der Waals surface area contributed by atoms with E-state index in [9.17, 15) is 5.26 Å². The molecule has 1 aliphatic heterocycles. The van der Waals surface area contributed by atoms with Gasteiger partial charge in [0.15, 0.2) is 0 Å². The summed E-state index contributed by atoms with van der Waals surface area (Å²) < 4.78 is 0. The van der Waals surface area contributed by atoms with Crippen molar-refractivity contribution in [2.45, 2.75) is 37.1 Å². The topological polar surface area (TPSA) is 35.8 Å². The minimum Gasteiger partial charge on any atom is -0.294 e. The van der Waals surface area contributed by atoms with E-state index < -0.39 is 0 Å². The lowest BCUT2D eigenvalue weighted by Gasteiger charge is -2.37. The monoisotopic (exact) mass is 246 g/mol. The molecule has 2 rings (SSSR count). The van der Waals surface area contributed by atoms with Gasteiger partial charge in [0.05, 0.1) is 6.07 Å². The van der Waals surface area contributed by atoms with Crippen LogP contribution in [0.2, 0.25) is 0 Å². The van der Waals surface area contributed by atoms with Gasteiger partial charge in [-0.05, 0) is 24.2 Å². The summed E-state index contributed by atoms with van der Waals surface area (Å²) in [6.07, 6.45) is 2.09. The predicted molar refractivity (Wildman–Crippen MR) is 72.8 cm³/mol. The zero-order valence-electron chi connectivity index (χ0n) is 10.1. The molecule has 1 fully saturated rings. The van der Waals surface area contributed by atoms with E-state index >= 15 is 0 Å². The average Bonchev–Trinajstić information content (AvgIpc) is 2.39. The van der Waals surface area contributed by atoms with Crippen molar-refractivity contribution in [2.24, 2.45) is 0 Å². The maximum Gasteiger partial charge on any atom is 0.118 e. The van der Waals surface area contributed by atoms with Crippen LogP contribution in [0.5, 0.6) is 0 Å². The van der Waals surface area contributed by atoms with E-state index in [1.807, 2.05) is 30.0 Å². The SMILES string of the molecule is CC1SCCCC1(C#N)NCc1ccccc1. The number of hydrogen-bond donors (Lipinski definition) is 1. The number of thioether (sulfide) groups is 1. The number of nitrogens with zero attached hydrogens (tertiary/aromatic N) is 1. The molecule has 17 heavy (non-hydrogen) atoms. The molecule has 3 heteroatoms. The van der Waals surface area contributed by atoms with Gasteiger partial charge in [-0.1, -0.05) is 37.3 Å². The summed E-state index contributed by atoms with van der Waals surface area (Å²) in [7, 11) is 0. The average molecular weight is 246 g/mol. The molecule has 1 saturated heterocycles. The summed E-state index contributed by atoms with van der Waals surface area (Å²) in [6, 6.07) is 12.8. The summed E-state index contributed by atoms with van der Waals surface area (Å²) in [4.78, 5) is 0. The lowest BCUT2D eigenvalue weighted by Crippen LogP contribution is -2.52. The molecule has 2 unspecified atom stereocenters. The van der Waals surface area contributed by atoms with Crippen molar-refractivity contribution >= 4 is 11.8 Å². The molecule has 0 radical (unpaired) electrons. The van der Waals surface area contributed by atoms with Crippen molar-refractivity contribution in [3.8, 4) is 6.07 Å². The lowest BCUT2D eigenvalue weighted by atomic mass is 9.91. The molecule has 1 heterocycles. The first-order chi connectivity index (χ1) is 8.27. The number of nitrogens with one attached hydrogen (secondary N) is 1. The molecule has 0 saturated carbocycles. The number of rotatable bonds is 3. The quantitative estimate of drug-likeness (QED) is 0.890. The Kier molecular flexibility index (Phi) is 4.09. The molecule has 1 N–H and O–H groups in total. The predicted octanol–water partition coefficient (Wildman–Crippen LogP) is 2.95. The Morgan fingerprint density at radius 3 is 2.88 bits per heavy atom. The van der Waals surface area contributed by atoms with Crippen LogP contribution < -0.4 is 5.32 Å².